The number of nitrogens with zero attached hydrogens (tertiary/aromatic N) is 1. The van der Waals surface area contributed by atoms with E-state index in [1.807, 2.05) is 32.1 Å². The van der Waals surface area contributed by atoms with Crippen LogP contribution in [0.1, 0.15) is 50.2 Å². The van der Waals surface area contributed by atoms with Gasteiger partial charge in [0.15, 0.2) is 0 Å². The number of nitrogens with one attached hydrogen (secondary N) is 2. The molecule has 1 saturated carbocycles. The third kappa shape index (κ3) is 6.10. The second-order valence-electron chi connectivity index (χ2n) is 7.52. The fraction of sp³-hybridized carbons (Fsp3) is 0.500. The van der Waals surface area contributed by atoms with Crippen molar-refractivity contribution >= 4 is 40.1 Å². The van der Waals surface area contributed by atoms with Crippen LogP contribution in [0, 0.1) is 13.8 Å². The molecule has 1 aliphatic heterocycles. The molecule has 0 aromatic heterocycles. The third-order valence-electron chi connectivity index (χ3n) is 5.15. The monoisotopic (exact) mass is 415 g/mol. The van der Waals surface area contributed by atoms with Gasteiger partial charge in [-0.05, 0) is 62.9 Å². The number of carbonyl (C=O) groups is 2. The second-order valence-corrected chi connectivity index (χ2v) is 8.51. The van der Waals surface area contributed by atoms with E-state index in [4.69, 9.17) is 9.73 Å². The van der Waals surface area contributed by atoms with Gasteiger partial charge in [-0.2, -0.15) is 0 Å². The summed E-state index contributed by atoms with van der Waals surface area (Å²) in [5.74, 6) is 0.0444. The number of aryl methyl sites for hydroxylation is 2. The maximum atomic E-state index is 12.3. The molecule has 1 heterocycles. The van der Waals surface area contributed by atoms with Crippen molar-refractivity contribution < 1.29 is 14.3 Å². The molecule has 1 amide bonds. The zero-order valence-corrected chi connectivity index (χ0v) is 18.2. The maximum absolute atomic E-state index is 12.3. The lowest BCUT2D eigenvalue weighted by atomic mass is 10.1. The number of rotatable bonds is 6. The minimum absolute atomic E-state index is 0.0301. The van der Waals surface area contributed by atoms with E-state index in [0.29, 0.717) is 29.1 Å². The molecule has 156 valence electrons. The van der Waals surface area contributed by atoms with E-state index in [1.54, 1.807) is 6.92 Å². The molecule has 3 rings (SSSR count). The number of benzene rings is 1. The van der Waals surface area contributed by atoms with Crippen LogP contribution < -0.4 is 10.6 Å². The van der Waals surface area contributed by atoms with Gasteiger partial charge in [0, 0.05) is 11.7 Å². The van der Waals surface area contributed by atoms with E-state index in [0.717, 1.165) is 35.3 Å². The smallest absolute Gasteiger partial charge is 0.311 e. The van der Waals surface area contributed by atoms with Crippen LogP contribution in [-0.4, -0.2) is 35.3 Å². The van der Waals surface area contributed by atoms with E-state index in [2.05, 4.69) is 10.6 Å². The number of carbonyl (C=O) groups excluding carboxylic acids is 2. The summed E-state index contributed by atoms with van der Waals surface area (Å²) in [5.41, 5.74) is 4.67. The Hall–Kier alpha value is -2.28. The van der Waals surface area contributed by atoms with Crippen LogP contribution in [-0.2, 0) is 14.3 Å². The SMILES string of the molecule is CCOC(=O)CC1=CC(SCC(=O)NC2CCCC2)=Nc2cc(C)c(C)cc2N1. The first-order valence-corrected chi connectivity index (χ1v) is 11.2. The van der Waals surface area contributed by atoms with Crippen molar-refractivity contribution in [2.75, 3.05) is 17.7 Å². The zero-order valence-electron chi connectivity index (χ0n) is 17.3. The average Bonchev–Trinajstić information content (AvgIpc) is 3.10. The van der Waals surface area contributed by atoms with Crippen LogP contribution in [0.2, 0.25) is 0 Å². The van der Waals surface area contributed by atoms with Crippen LogP contribution in [0.3, 0.4) is 0 Å². The van der Waals surface area contributed by atoms with Crippen LogP contribution in [0.25, 0.3) is 0 Å². The number of anilines is 1. The van der Waals surface area contributed by atoms with Gasteiger partial charge in [-0.3, -0.25) is 9.59 Å². The molecule has 0 unspecified atom stereocenters. The van der Waals surface area contributed by atoms with Crippen molar-refractivity contribution in [3.05, 3.63) is 35.0 Å². The minimum atomic E-state index is -0.290. The highest BCUT2D eigenvalue weighted by molar-refractivity contribution is 8.14. The van der Waals surface area contributed by atoms with Gasteiger partial charge in [0.1, 0.15) is 0 Å². The molecule has 1 aliphatic carbocycles. The van der Waals surface area contributed by atoms with Gasteiger partial charge in [-0.15, -0.1) is 0 Å². The summed E-state index contributed by atoms with van der Waals surface area (Å²) in [6.07, 6.45) is 6.48. The molecule has 2 aliphatic rings. The van der Waals surface area contributed by atoms with E-state index in [-0.39, 0.29) is 18.3 Å². The molecule has 1 aromatic carbocycles. The molecule has 29 heavy (non-hydrogen) atoms. The van der Waals surface area contributed by atoms with Gasteiger partial charge in [0.25, 0.3) is 0 Å². The Bertz CT molecular complexity index is 842. The van der Waals surface area contributed by atoms with Gasteiger partial charge in [0.05, 0.1) is 35.2 Å². The molecule has 0 saturated heterocycles. The lowest BCUT2D eigenvalue weighted by Gasteiger charge is -2.12. The molecule has 0 atom stereocenters. The summed E-state index contributed by atoms with van der Waals surface area (Å²) in [5, 5.41) is 7.14. The standard InChI is InChI=1S/C22H29N3O3S/c1-4-28-22(27)12-17-11-21(29-13-20(26)24-16-7-5-6-8-16)25-19-10-15(3)14(2)9-18(19)23-17/h9-11,16,23H,4-8,12-13H2,1-3H3,(H,24,26). The van der Waals surface area contributed by atoms with E-state index < -0.39 is 0 Å². The summed E-state index contributed by atoms with van der Waals surface area (Å²) in [7, 11) is 0. The predicted molar refractivity (Wildman–Crippen MR) is 119 cm³/mol. The van der Waals surface area contributed by atoms with Gasteiger partial charge in [-0.25, -0.2) is 4.99 Å². The highest BCUT2D eigenvalue weighted by Gasteiger charge is 2.19. The highest BCUT2D eigenvalue weighted by Crippen LogP contribution is 2.33. The molecular formula is C22H29N3O3S. The van der Waals surface area contributed by atoms with Crippen LogP contribution in [0.15, 0.2) is 28.9 Å². The summed E-state index contributed by atoms with van der Waals surface area (Å²) >= 11 is 1.39. The Balaban J connectivity index is 1.76. The Kier molecular flexibility index (Phi) is 7.36. The summed E-state index contributed by atoms with van der Waals surface area (Å²) in [4.78, 5) is 29.1. The largest absolute Gasteiger partial charge is 0.466 e. The summed E-state index contributed by atoms with van der Waals surface area (Å²) < 4.78 is 5.09. The van der Waals surface area contributed by atoms with E-state index in [1.165, 1.54) is 24.6 Å². The average molecular weight is 416 g/mol. The molecule has 1 aromatic rings. The normalized spacial score (nSPS) is 16.2. The number of amides is 1. The molecule has 7 heteroatoms. The van der Waals surface area contributed by atoms with Crippen molar-refractivity contribution in [2.45, 2.75) is 58.9 Å². The highest BCUT2D eigenvalue weighted by atomic mass is 32.2. The number of esters is 1. The van der Waals surface area contributed by atoms with Crippen LogP contribution in [0.5, 0.6) is 0 Å². The third-order valence-corrected chi connectivity index (χ3v) is 6.06. The van der Waals surface area contributed by atoms with Crippen molar-refractivity contribution in [3.63, 3.8) is 0 Å². The quantitative estimate of drug-likeness (QED) is 0.674. The van der Waals surface area contributed by atoms with Crippen molar-refractivity contribution in [1.29, 1.82) is 0 Å². The van der Waals surface area contributed by atoms with E-state index in [9.17, 15) is 9.59 Å². The zero-order chi connectivity index (χ0) is 20.8. The molecule has 2 N–H and O–H groups in total. The molecule has 0 spiro atoms. The molecule has 6 nitrogen and oxygen atoms in total. The predicted octanol–water partition coefficient (Wildman–Crippen LogP) is 4.39. The first-order valence-electron chi connectivity index (χ1n) is 10.2. The number of aliphatic imine (C=N–C) groups is 1. The summed E-state index contributed by atoms with van der Waals surface area (Å²) in [6, 6.07) is 4.37. The van der Waals surface area contributed by atoms with Gasteiger partial charge in [-0.1, -0.05) is 24.6 Å². The Morgan fingerprint density at radius 2 is 1.97 bits per heavy atom. The van der Waals surface area contributed by atoms with Gasteiger partial charge < -0.3 is 15.4 Å². The van der Waals surface area contributed by atoms with Crippen molar-refractivity contribution in [2.24, 2.45) is 4.99 Å². The Labute approximate surface area is 176 Å². The molecule has 0 bridgehead atoms. The molecular weight excluding hydrogens is 386 g/mol. The minimum Gasteiger partial charge on any atom is -0.466 e. The topological polar surface area (TPSA) is 79.8 Å². The number of fused-ring (bicyclic) bond motifs is 1. The maximum Gasteiger partial charge on any atom is 0.311 e. The van der Waals surface area contributed by atoms with Crippen molar-refractivity contribution in [3.8, 4) is 0 Å². The first kappa shape index (κ1) is 21.4. The number of ether oxygens (including phenoxy) is 1. The summed E-state index contributed by atoms with van der Waals surface area (Å²) in [6.45, 7) is 6.23. The molecule has 1 fully saturated rings. The number of thioether (sulfide) groups is 1. The fourth-order valence-corrected chi connectivity index (χ4v) is 4.27. The number of hydrogen-bond acceptors (Lipinski definition) is 6. The fourth-order valence-electron chi connectivity index (χ4n) is 3.52. The number of hydrogen-bond donors (Lipinski definition) is 2. The Morgan fingerprint density at radius 1 is 1.24 bits per heavy atom. The van der Waals surface area contributed by atoms with Crippen molar-refractivity contribution in [1.82, 2.24) is 5.32 Å². The van der Waals surface area contributed by atoms with E-state index >= 15 is 0 Å². The molecule has 0 radical (unpaired) electrons. The first-order chi connectivity index (χ1) is 13.9. The van der Waals surface area contributed by atoms with Gasteiger partial charge >= 0.3 is 5.97 Å². The van der Waals surface area contributed by atoms with Crippen LogP contribution >= 0.6 is 11.8 Å². The lowest BCUT2D eigenvalue weighted by molar-refractivity contribution is -0.142. The van der Waals surface area contributed by atoms with Gasteiger partial charge in [0.2, 0.25) is 5.91 Å². The Morgan fingerprint density at radius 3 is 2.69 bits per heavy atom. The van der Waals surface area contributed by atoms with Crippen LogP contribution in [0.4, 0.5) is 11.4 Å². The second kappa shape index (κ2) is 9.96. The lowest BCUT2D eigenvalue weighted by Crippen LogP contribution is -2.34.